The number of fused-ring (bicyclic) bond motifs is 1. The average Bonchev–Trinajstić information content (AvgIpc) is 2.74. The van der Waals surface area contributed by atoms with E-state index >= 15 is 0 Å². The molecule has 3 aromatic carbocycles. The maximum Gasteiger partial charge on any atom is 0.269 e. The largest absolute Gasteiger partial charge is 0.505 e. The molecule has 1 aromatic heterocycles. The summed E-state index contributed by atoms with van der Waals surface area (Å²) in [4.78, 5) is 14.8. The van der Waals surface area contributed by atoms with Gasteiger partial charge in [-0.15, -0.1) is 0 Å². The molecule has 1 atom stereocenters. The van der Waals surface area contributed by atoms with Gasteiger partial charge in [-0.1, -0.05) is 48.5 Å². The highest BCUT2D eigenvalue weighted by atomic mass is 16.6. The molecule has 6 heteroatoms. The molecule has 0 aliphatic heterocycles. The standard InChI is InChI=1S/C22H17N3O3/c26-22-19(13-8-16-7-4-14-23-21(16)22)20(15-5-2-1-3-6-15)24-17-9-11-18(12-10-17)25(27)28/h1-14,20,24,26H/t20-/m0/s1. The summed E-state index contributed by atoms with van der Waals surface area (Å²) in [5.41, 5.74) is 2.90. The van der Waals surface area contributed by atoms with E-state index in [1.165, 1.54) is 12.1 Å². The Hall–Kier alpha value is -3.93. The second kappa shape index (κ2) is 7.36. The van der Waals surface area contributed by atoms with Gasteiger partial charge in [0.1, 0.15) is 11.3 Å². The molecule has 0 saturated carbocycles. The number of nitrogens with zero attached hydrogens (tertiary/aromatic N) is 2. The molecule has 4 rings (SSSR count). The number of hydrogen-bond acceptors (Lipinski definition) is 5. The second-order valence-electron chi connectivity index (χ2n) is 6.37. The normalized spacial score (nSPS) is 11.9. The summed E-state index contributed by atoms with van der Waals surface area (Å²) in [7, 11) is 0. The third-order valence-electron chi connectivity index (χ3n) is 4.61. The number of rotatable bonds is 5. The van der Waals surface area contributed by atoms with Gasteiger partial charge in [0.05, 0.1) is 11.0 Å². The van der Waals surface area contributed by atoms with Crippen LogP contribution in [0.5, 0.6) is 5.75 Å². The van der Waals surface area contributed by atoms with Crippen LogP contribution in [0, 0.1) is 10.1 Å². The zero-order chi connectivity index (χ0) is 19.5. The number of hydrogen-bond donors (Lipinski definition) is 2. The van der Waals surface area contributed by atoms with Crippen molar-refractivity contribution in [3.8, 4) is 5.75 Å². The Morgan fingerprint density at radius 1 is 0.929 bits per heavy atom. The lowest BCUT2D eigenvalue weighted by Crippen LogP contribution is -2.12. The van der Waals surface area contributed by atoms with E-state index in [9.17, 15) is 15.2 Å². The number of nitro groups is 1. The van der Waals surface area contributed by atoms with E-state index in [0.717, 1.165) is 10.9 Å². The Labute approximate surface area is 161 Å². The molecule has 6 nitrogen and oxygen atoms in total. The summed E-state index contributed by atoms with van der Waals surface area (Å²) >= 11 is 0. The Kier molecular flexibility index (Phi) is 4.60. The molecule has 0 spiro atoms. The zero-order valence-electron chi connectivity index (χ0n) is 14.8. The van der Waals surface area contributed by atoms with E-state index in [0.29, 0.717) is 16.8 Å². The first-order chi connectivity index (χ1) is 13.6. The van der Waals surface area contributed by atoms with Gasteiger partial charge in [0.2, 0.25) is 0 Å². The first-order valence-electron chi connectivity index (χ1n) is 8.76. The van der Waals surface area contributed by atoms with Gasteiger partial charge < -0.3 is 10.4 Å². The summed E-state index contributed by atoms with van der Waals surface area (Å²) in [5, 5.41) is 26.0. The predicted octanol–water partition coefficient (Wildman–Crippen LogP) is 5.05. The highest BCUT2D eigenvalue weighted by molar-refractivity contribution is 5.86. The van der Waals surface area contributed by atoms with Crippen LogP contribution in [0.2, 0.25) is 0 Å². The van der Waals surface area contributed by atoms with Crippen molar-refractivity contribution in [2.75, 3.05) is 5.32 Å². The van der Waals surface area contributed by atoms with Gasteiger partial charge in [-0.2, -0.15) is 0 Å². The van der Waals surface area contributed by atoms with E-state index in [1.807, 2.05) is 54.6 Å². The number of nitrogens with one attached hydrogen (secondary N) is 1. The van der Waals surface area contributed by atoms with Crippen LogP contribution in [-0.2, 0) is 0 Å². The van der Waals surface area contributed by atoms with Crippen LogP contribution in [0.3, 0.4) is 0 Å². The van der Waals surface area contributed by atoms with Crippen molar-refractivity contribution in [2.24, 2.45) is 0 Å². The van der Waals surface area contributed by atoms with Crippen LogP contribution in [0.15, 0.2) is 85.1 Å². The van der Waals surface area contributed by atoms with E-state index in [-0.39, 0.29) is 17.5 Å². The molecule has 0 fully saturated rings. The zero-order valence-corrected chi connectivity index (χ0v) is 14.8. The van der Waals surface area contributed by atoms with Crippen LogP contribution in [0.4, 0.5) is 11.4 Å². The number of anilines is 1. The second-order valence-corrected chi connectivity index (χ2v) is 6.37. The molecule has 28 heavy (non-hydrogen) atoms. The van der Waals surface area contributed by atoms with Crippen LogP contribution >= 0.6 is 0 Å². The molecule has 0 aliphatic rings. The molecule has 0 bridgehead atoms. The number of pyridine rings is 1. The first kappa shape index (κ1) is 17.5. The minimum atomic E-state index is -0.431. The lowest BCUT2D eigenvalue weighted by atomic mass is 9.96. The Morgan fingerprint density at radius 2 is 1.68 bits per heavy atom. The van der Waals surface area contributed by atoms with Crippen LogP contribution < -0.4 is 5.32 Å². The lowest BCUT2D eigenvalue weighted by molar-refractivity contribution is -0.384. The topological polar surface area (TPSA) is 88.3 Å². The van der Waals surface area contributed by atoms with Crippen LogP contribution in [-0.4, -0.2) is 15.0 Å². The Morgan fingerprint density at radius 3 is 2.39 bits per heavy atom. The summed E-state index contributed by atoms with van der Waals surface area (Å²) in [6.07, 6.45) is 1.65. The Bertz CT molecular complexity index is 1130. The average molecular weight is 371 g/mol. The molecule has 4 aromatic rings. The van der Waals surface area contributed by atoms with Crippen molar-refractivity contribution in [1.29, 1.82) is 0 Å². The molecule has 138 valence electrons. The molecule has 0 amide bonds. The minimum Gasteiger partial charge on any atom is -0.505 e. The highest BCUT2D eigenvalue weighted by Gasteiger charge is 2.20. The van der Waals surface area contributed by atoms with Gasteiger partial charge >= 0.3 is 0 Å². The van der Waals surface area contributed by atoms with Gasteiger partial charge in [-0.05, 0) is 23.8 Å². The summed E-state index contributed by atoms with van der Waals surface area (Å²) in [6, 6.07) is 23.1. The van der Waals surface area contributed by atoms with Crippen molar-refractivity contribution in [3.05, 3.63) is 106 Å². The Balaban J connectivity index is 1.78. The molecule has 0 radical (unpaired) electrons. The molecule has 1 heterocycles. The number of benzene rings is 3. The number of phenols is 1. The minimum absolute atomic E-state index is 0.0274. The van der Waals surface area contributed by atoms with Crippen LogP contribution in [0.1, 0.15) is 17.2 Å². The van der Waals surface area contributed by atoms with E-state index < -0.39 is 4.92 Å². The number of nitro benzene ring substituents is 1. The van der Waals surface area contributed by atoms with Gasteiger partial charge in [0.25, 0.3) is 5.69 Å². The highest BCUT2D eigenvalue weighted by Crippen LogP contribution is 2.36. The predicted molar refractivity (Wildman–Crippen MR) is 108 cm³/mol. The number of aromatic hydroxyl groups is 1. The van der Waals surface area contributed by atoms with E-state index in [4.69, 9.17) is 0 Å². The molecule has 0 unspecified atom stereocenters. The van der Waals surface area contributed by atoms with Crippen molar-refractivity contribution in [3.63, 3.8) is 0 Å². The fourth-order valence-corrected chi connectivity index (χ4v) is 3.21. The van der Waals surface area contributed by atoms with Crippen molar-refractivity contribution in [2.45, 2.75) is 6.04 Å². The van der Waals surface area contributed by atoms with Crippen molar-refractivity contribution < 1.29 is 10.0 Å². The third kappa shape index (κ3) is 3.35. The van der Waals surface area contributed by atoms with Crippen molar-refractivity contribution >= 4 is 22.3 Å². The summed E-state index contributed by atoms with van der Waals surface area (Å²) in [5.74, 6) is 0.112. The van der Waals surface area contributed by atoms with Gasteiger partial charge in [0, 0.05) is 35.0 Å². The molecular formula is C22H17N3O3. The molecule has 0 aliphatic carbocycles. The summed E-state index contributed by atoms with van der Waals surface area (Å²) in [6.45, 7) is 0. The lowest BCUT2D eigenvalue weighted by Gasteiger charge is -2.22. The monoisotopic (exact) mass is 371 g/mol. The molecule has 0 saturated heterocycles. The third-order valence-corrected chi connectivity index (χ3v) is 4.61. The maximum absolute atomic E-state index is 10.9. The fourth-order valence-electron chi connectivity index (χ4n) is 3.21. The number of non-ortho nitro benzene ring substituents is 1. The number of phenolic OH excluding ortho intramolecular Hbond substituents is 1. The van der Waals surface area contributed by atoms with Crippen LogP contribution in [0.25, 0.3) is 10.9 Å². The molecule has 2 N–H and O–H groups in total. The number of aromatic nitrogens is 1. The fraction of sp³-hybridized carbons (Fsp3) is 0.0455. The van der Waals surface area contributed by atoms with E-state index in [2.05, 4.69) is 10.3 Å². The SMILES string of the molecule is O=[N+]([O-])c1ccc(N[C@@H](c2ccccc2)c2ccc3cccnc3c2O)cc1. The maximum atomic E-state index is 10.9. The summed E-state index contributed by atoms with van der Waals surface area (Å²) < 4.78 is 0. The molecular weight excluding hydrogens is 354 g/mol. The van der Waals surface area contributed by atoms with Gasteiger partial charge in [-0.3, -0.25) is 15.1 Å². The quantitative estimate of drug-likeness (QED) is 0.378. The van der Waals surface area contributed by atoms with Gasteiger partial charge in [-0.25, -0.2) is 0 Å². The van der Waals surface area contributed by atoms with E-state index in [1.54, 1.807) is 18.3 Å². The smallest absolute Gasteiger partial charge is 0.269 e. The van der Waals surface area contributed by atoms with Crippen molar-refractivity contribution in [1.82, 2.24) is 4.98 Å². The van der Waals surface area contributed by atoms with Gasteiger partial charge in [0.15, 0.2) is 0 Å². The first-order valence-corrected chi connectivity index (χ1v) is 8.76.